The maximum atomic E-state index is 5.51. The van der Waals surface area contributed by atoms with Gasteiger partial charge in [-0.2, -0.15) is 0 Å². The molecule has 0 aromatic carbocycles. The molecule has 0 aromatic heterocycles. The van der Waals surface area contributed by atoms with Crippen LogP contribution < -0.4 is 11.3 Å². The van der Waals surface area contributed by atoms with Gasteiger partial charge in [0, 0.05) is 19.3 Å². The lowest BCUT2D eigenvalue weighted by Gasteiger charge is -2.20. The largest absolute Gasteiger partial charge is 0.382 e. The molecule has 14 heavy (non-hydrogen) atoms. The van der Waals surface area contributed by atoms with E-state index in [-0.39, 0.29) is 0 Å². The van der Waals surface area contributed by atoms with Crippen molar-refractivity contribution in [3.8, 4) is 0 Å². The zero-order chi connectivity index (χ0) is 10.8. The molecule has 0 rings (SSSR count). The minimum absolute atomic E-state index is 0.409. The highest BCUT2D eigenvalue weighted by Crippen LogP contribution is 2.16. The Morgan fingerprint density at radius 1 is 1.21 bits per heavy atom. The molecule has 0 spiro atoms. The van der Waals surface area contributed by atoms with Crippen LogP contribution in [0.5, 0.6) is 0 Å². The van der Waals surface area contributed by atoms with Crippen LogP contribution in [0.25, 0.3) is 0 Å². The molecule has 0 fully saturated rings. The molecule has 0 aliphatic rings. The zero-order valence-electron chi connectivity index (χ0n) is 9.88. The van der Waals surface area contributed by atoms with E-state index in [4.69, 9.17) is 10.6 Å². The summed E-state index contributed by atoms with van der Waals surface area (Å²) in [5.74, 6) is 6.30. The van der Waals surface area contributed by atoms with Crippen LogP contribution in [0.3, 0.4) is 0 Å². The van der Waals surface area contributed by atoms with Crippen molar-refractivity contribution in [2.24, 2.45) is 11.8 Å². The van der Waals surface area contributed by atoms with Crippen LogP contribution in [0.1, 0.15) is 46.5 Å². The van der Waals surface area contributed by atoms with Crippen molar-refractivity contribution in [2.75, 3.05) is 13.2 Å². The second-order valence-corrected chi connectivity index (χ2v) is 3.77. The highest BCUT2D eigenvalue weighted by Gasteiger charge is 2.12. The van der Waals surface area contributed by atoms with Gasteiger partial charge in [-0.15, -0.1) is 0 Å². The molecule has 0 heterocycles. The van der Waals surface area contributed by atoms with Crippen molar-refractivity contribution in [2.45, 2.75) is 52.5 Å². The molecule has 1 unspecified atom stereocenters. The average molecular weight is 202 g/mol. The van der Waals surface area contributed by atoms with E-state index in [1.807, 2.05) is 6.92 Å². The van der Waals surface area contributed by atoms with E-state index < -0.39 is 0 Å². The van der Waals surface area contributed by atoms with Gasteiger partial charge in [0.25, 0.3) is 0 Å². The summed E-state index contributed by atoms with van der Waals surface area (Å²) in [7, 11) is 0. The van der Waals surface area contributed by atoms with E-state index in [0.29, 0.717) is 6.04 Å². The second kappa shape index (κ2) is 9.44. The second-order valence-electron chi connectivity index (χ2n) is 3.77. The van der Waals surface area contributed by atoms with Crippen molar-refractivity contribution in [3.05, 3.63) is 0 Å². The summed E-state index contributed by atoms with van der Waals surface area (Å²) < 4.78 is 5.32. The van der Waals surface area contributed by atoms with E-state index in [9.17, 15) is 0 Å². The molecule has 3 nitrogen and oxygen atoms in total. The molecule has 0 aromatic rings. The Bertz CT molecular complexity index is 116. The van der Waals surface area contributed by atoms with E-state index in [1.54, 1.807) is 0 Å². The minimum Gasteiger partial charge on any atom is -0.382 e. The Morgan fingerprint density at radius 2 is 1.86 bits per heavy atom. The molecule has 0 saturated carbocycles. The van der Waals surface area contributed by atoms with Crippen molar-refractivity contribution < 1.29 is 4.74 Å². The van der Waals surface area contributed by atoms with Crippen LogP contribution in [-0.4, -0.2) is 19.3 Å². The lowest BCUT2D eigenvalue weighted by molar-refractivity contribution is 0.132. The van der Waals surface area contributed by atoms with Crippen molar-refractivity contribution in [1.82, 2.24) is 5.43 Å². The first kappa shape index (κ1) is 13.9. The number of hydrogen-bond acceptors (Lipinski definition) is 3. The van der Waals surface area contributed by atoms with Crippen LogP contribution in [0, 0.1) is 5.92 Å². The van der Waals surface area contributed by atoms with Gasteiger partial charge in [-0.1, -0.05) is 26.7 Å². The molecule has 3 N–H and O–H groups in total. The van der Waals surface area contributed by atoms with Gasteiger partial charge in [0.2, 0.25) is 0 Å². The zero-order valence-corrected chi connectivity index (χ0v) is 9.88. The molecule has 0 aliphatic heterocycles. The Labute approximate surface area is 88.4 Å². The number of ether oxygens (including phenoxy) is 1. The molecular formula is C11H26N2O. The van der Waals surface area contributed by atoms with Gasteiger partial charge < -0.3 is 4.74 Å². The number of hydrogen-bond donors (Lipinski definition) is 2. The maximum Gasteiger partial charge on any atom is 0.0481 e. The lowest BCUT2D eigenvalue weighted by atomic mass is 9.94. The highest BCUT2D eigenvalue weighted by molar-refractivity contribution is 4.68. The van der Waals surface area contributed by atoms with Gasteiger partial charge >= 0.3 is 0 Å². The Morgan fingerprint density at radius 3 is 2.29 bits per heavy atom. The Kier molecular flexibility index (Phi) is 9.35. The number of nitrogens with two attached hydrogens (primary N) is 1. The van der Waals surface area contributed by atoms with Gasteiger partial charge in [0.1, 0.15) is 0 Å². The fourth-order valence-corrected chi connectivity index (χ4v) is 1.66. The first-order valence-electron chi connectivity index (χ1n) is 5.82. The summed E-state index contributed by atoms with van der Waals surface area (Å²) in [4.78, 5) is 0. The normalized spacial score (nSPS) is 13.5. The quantitative estimate of drug-likeness (QED) is 0.342. The molecular weight excluding hydrogens is 176 g/mol. The van der Waals surface area contributed by atoms with E-state index in [0.717, 1.165) is 32.0 Å². The van der Waals surface area contributed by atoms with Crippen molar-refractivity contribution >= 4 is 0 Å². The monoisotopic (exact) mass is 202 g/mol. The number of hydrazine groups is 1. The average Bonchev–Trinajstić information content (AvgIpc) is 2.23. The molecule has 86 valence electrons. The van der Waals surface area contributed by atoms with Crippen LogP contribution in [0.4, 0.5) is 0 Å². The topological polar surface area (TPSA) is 47.3 Å². The van der Waals surface area contributed by atoms with Crippen LogP contribution in [-0.2, 0) is 4.74 Å². The van der Waals surface area contributed by atoms with Crippen LogP contribution in [0.2, 0.25) is 0 Å². The molecule has 0 saturated heterocycles. The predicted octanol–water partition coefficient (Wildman–Crippen LogP) is 2.07. The molecule has 0 amide bonds. The number of nitrogens with one attached hydrogen (secondary N) is 1. The number of rotatable bonds is 9. The smallest absolute Gasteiger partial charge is 0.0481 e. The predicted molar refractivity (Wildman–Crippen MR) is 60.9 cm³/mol. The first-order chi connectivity index (χ1) is 6.78. The summed E-state index contributed by atoms with van der Waals surface area (Å²) in [6.45, 7) is 8.11. The van der Waals surface area contributed by atoms with Gasteiger partial charge in [-0.25, -0.2) is 0 Å². The molecule has 0 radical (unpaired) electrons. The fourth-order valence-electron chi connectivity index (χ4n) is 1.66. The van der Waals surface area contributed by atoms with Gasteiger partial charge in [-0.05, 0) is 25.7 Å². The highest BCUT2D eigenvalue weighted by atomic mass is 16.5. The third kappa shape index (κ3) is 6.35. The Balaban J connectivity index is 3.65. The third-order valence-corrected chi connectivity index (χ3v) is 2.82. The van der Waals surface area contributed by atoms with Crippen LogP contribution in [0.15, 0.2) is 0 Å². The van der Waals surface area contributed by atoms with Crippen LogP contribution >= 0.6 is 0 Å². The maximum absolute atomic E-state index is 5.51. The summed E-state index contributed by atoms with van der Waals surface area (Å²) in [5.41, 5.74) is 2.88. The summed E-state index contributed by atoms with van der Waals surface area (Å²) in [5, 5.41) is 0. The summed E-state index contributed by atoms with van der Waals surface area (Å²) in [6, 6.07) is 0.409. The third-order valence-electron chi connectivity index (χ3n) is 2.82. The molecule has 3 heteroatoms. The summed E-state index contributed by atoms with van der Waals surface area (Å²) >= 11 is 0. The minimum atomic E-state index is 0.409. The Hall–Kier alpha value is -0.120. The lowest BCUT2D eigenvalue weighted by Crippen LogP contribution is -2.37. The van der Waals surface area contributed by atoms with Gasteiger partial charge in [-0.3, -0.25) is 11.3 Å². The van der Waals surface area contributed by atoms with Crippen molar-refractivity contribution in [3.63, 3.8) is 0 Å². The van der Waals surface area contributed by atoms with E-state index in [1.165, 1.54) is 12.8 Å². The standard InChI is InChI=1S/C11H26N2O/c1-4-10(5-2)9-11(13-12)7-8-14-6-3/h10-11,13H,4-9,12H2,1-3H3. The van der Waals surface area contributed by atoms with Gasteiger partial charge in [0.05, 0.1) is 0 Å². The first-order valence-corrected chi connectivity index (χ1v) is 5.82. The van der Waals surface area contributed by atoms with E-state index in [2.05, 4.69) is 19.3 Å². The SMILES string of the molecule is CCOCCC(CC(CC)CC)NN. The van der Waals surface area contributed by atoms with Gasteiger partial charge in [0.15, 0.2) is 0 Å². The summed E-state index contributed by atoms with van der Waals surface area (Å²) in [6.07, 6.45) is 4.66. The fraction of sp³-hybridized carbons (Fsp3) is 1.00. The molecule has 0 bridgehead atoms. The molecule has 1 atom stereocenters. The van der Waals surface area contributed by atoms with Crippen molar-refractivity contribution in [1.29, 1.82) is 0 Å². The van der Waals surface area contributed by atoms with E-state index >= 15 is 0 Å². The molecule has 0 aliphatic carbocycles.